The normalized spacial score (nSPS) is 18.5. The minimum Gasteiger partial charge on any atom is -0.460 e. The molecule has 0 aromatic carbocycles. The molecule has 0 saturated carbocycles. The van der Waals surface area contributed by atoms with Crippen LogP contribution in [0.5, 0.6) is 0 Å². The highest BCUT2D eigenvalue weighted by molar-refractivity contribution is 5.74. The van der Waals surface area contributed by atoms with Crippen LogP contribution in [0.3, 0.4) is 0 Å². The van der Waals surface area contributed by atoms with Gasteiger partial charge < -0.3 is 9.84 Å². The second kappa shape index (κ2) is 17.8. The maximum Gasteiger partial charge on any atom is 0.309 e. The van der Waals surface area contributed by atoms with E-state index in [0.29, 0.717) is 6.42 Å². The summed E-state index contributed by atoms with van der Waals surface area (Å²) in [6, 6.07) is 0. The Kier molecular flexibility index (Phi) is 15.7. The first kappa shape index (κ1) is 24.8. The van der Waals surface area contributed by atoms with Crippen molar-refractivity contribution < 1.29 is 14.6 Å². The summed E-state index contributed by atoms with van der Waals surface area (Å²) in [5.74, 6) is 6.56. The molecule has 0 radical (unpaired) electrons. The van der Waals surface area contributed by atoms with Gasteiger partial charge in [0.2, 0.25) is 0 Å². The molecule has 1 N–H and O–H groups in total. The monoisotopic (exact) mass is 390 g/mol. The van der Waals surface area contributed by atoms with Crippen molar-refractivity contribution in [2.75, 3.05) is 6.61 Å². The Morgan fingerprint density at radius 1 is 0.893 bits per heavy atom. The number of ether oxygens (including phenoxy) is 1. The molecule has 1 aliphatic heterocycles. The van der Waals surface area contributed by atoms with E-state index in [9.17, 15) is 4.79 Å². The Morgan fingerprint density at radius 2 is 1.43 bits per heavy atom. The molecule has 3 heteroatoms. The van der Waals surface area contributed by atoms with Gasteiger partial charge in [0.15, 0.2) is 0 Å². The molecule has 0 amide bonds. The van der Waals surface area contributed by atoms with Gasteiger partial charge in [0.1, 0.15) is 6.10 Å². The summed E-state index contributed by atoms with van der Waals surface area (Å²) in [4.78, 5) is 11.6. The molecule has 0 aliphatic carbocycles. The van der Waals surface area contributed by atoms with E-state index in [1.807, 2.05) is 6.08 Å². The summed E-state index contributed by atoms with van der Waals surface area (Å²) in [7, 11) is 0. The third-order valence-corrected chi connectivity index (χ3v) is 5.56. The standard InChI is InChI=1S/C25H42O3/c1-2-3-4-5-6-7-8-9-10-11-12-13-14-15-16-17-18-19-20-23-21-24(22-26)28-25(23)27/h2,23-24,26H,1,3-8,11-22H2/t23-,24+/m1/s1. The quantitative estimate of drug-likeness (QED) is 0.136. The number of unbranched alkanes of at least 4 members (excludes halogenated alkanes) is 13. The SMILES string of the molecule is C=CCCCCCCC#CCCCCCCCCCC[C@@H]1C[C@@H](CO)OC1=O. The summed E-state index contributed by atoms with van der Waals surface area (Å²) in [6.07, 6.45) is 21.8. The van der Waals surface area contributed by atoms with Crippen LogP contribution < -0.4 is 0 Å². The van der Waals surface area contributed by atoms with Gasteiger partial charge in [-0.3, -0.25) is 4.79 Å². The van der Waals surface area contributed by atoms with E-state index in [-0.39, 0.29) is 24.6 Å². The Labute approximate surface area is 173 Å². The highest BCUT2D eigenvalue weighted by Crippen LogP contribution is 2.26. The Hall–Kier alpha value is -1.27. The fraction of sp³-hybridized carbons (Fsp3) is 0.800. The molecule has 1 heterocycles. The molecule has 3 nitrogen and oxygen atoms in total. The number of carbonyl (C=O) groups excluding carboxylic acids is 1. The summed E-state index contributed by atoms with van der Waals surface area (Å²) in [6.45, 7) is 3.71. The lowest BCUT2D eigenvalue weighted by Crippen LogP contribution is -2.10. The molecule has 0 aromatic heterocycles. The van der Waals surface area contributed by atoms with Gasteiger partial charge in [-0.25, -0.2) is 0 Å². The molecule has 160 valence electrons. The topological polar surface area (TPSA) is 46.5 Å². The van der Waals surface area contributed by atoms with Crippen LogP contribution in [0.25, 0.3) is 0 Å². The van der Waals surface area contributed by atoms with Crippen molar-refractivity contribution in [3.8, 4) is 11.8 Å². The number of aliphatic hydroxyl groups excluding tert-OH is 1. The van der Waals surface area contributed by atoms with Gasteiger partial charge in [-0.05, 0) is 38.5 Å². The first-order valence-electron chi connectivity index (χ1n) is 11.7. The van der Waals surface area contributed by atoms with E-state index in [1.165, 1.54) is 70.6 Å². The summed E-state index contributed by atoms with van der Waals surface area (Å²) < 4.78 is 5.11. The molecule has 2 atom stereocenters. The Balaban J connectivity index is 1.78. The number of allylic oxidation sites excluding steroid dienone is 1. The highest BCUT2D eigenvalue weighted by atomic mass is 16.6. The van der Waals surface area contributed by atoms with Gasteiger partial charge in [-0.15, -0.1) is 18.4 Å². The van der Waals surface area contributed by atoms with Crippen molar-refractivity contribution in [1.29, 1.82) is 0 Å². The molecule has 0 unspecified atom stereocenters. The van der Waals surface area contributed by atoms with Crippen molar-refractivity contribution in [2.45, 2.75) is 115 Å². The van der Waals surface area contributed by atoms with E-state index >= 15 is 0 Å². The van der Waals surface area contributed by atoms with Gasteiger partial charge in [-0.1, -0.05) is 63.9 Å². The summed E-state index contributed by atoms with van der Waals surface area (Å²) in [5, 5.41) is 9.04. The number of hydrogen-bond acceptors (Lipinski definition) is 3. The van der Waals surface area contributed by atoms with Crippen LogP contribution in [0.4, 0.5) is 0 Å². The predicted molar refractivity (Wildman–Crippen MR) is 117 cm³/mol. The third-order valence-electron chi connectivity index (χ3n) is 5.56. The van der Waals surface area contributed by atoms with Crippen molar-refractivity contribution in [1.82, 2.24) is 0 Å². The first-order chi connectivity index (χ1) is 13.8. The molecule has 0 spiro atoms. The van der Waals surface area contributed by atoms with E-state index in [1.54, 1.807) is 0 Å². The van der Waals surface area contributed by atoms with Crippen LogP contribution in [0.2, 0.25) is 0 Å². The van der Waals surface area contributed by atoms with Gasteiger partial charge >= 0.3 is 5.97 Å². The molecule has 1 aliphatic rings. The Morgan fingerprint density at radius 3 is 1.96 bits per heavy atom. The molecule has 0 aromatic rings. The fourth-order valence-electron chi connectivity index (χ4n) is 3.77. The number of hydrogen-bond donors (Lipinski definition) is 1. The molecular weight excluding hydrogens is 348 g/mol. The van der Waals surface area contributed by atoms with Crippen molar-refractivity contribution in [3.05, 3.63) is 12.7 Å². The maximum absolute atomic E-state index is 11.6. The van der Waals surface area contributed by atoms with E-state index in [0.717, 1.165) is 32.1 Å². The lowest BCUT2D eigenvalue weighted by molar-refractivity contribution is -0.145. The van der Waals surface area contributed by atoms with Gasteiger partial charge in [0, 0.05) is 12.8 Å². The van der Waals surface area contributed by atoms with Gasteiger partial charge in [0.05, 0.1) is 12.5 Å². The molecule has 1 rings (SSSR count). The van der Waals surface area contributed by atoms with Crippen LogP contribution in [0.15, 0.2) is 12.7 Å². The van der Waals surface area contributed by atoms with Crippen LogP contribution in [0, 0.1) is 17.8 Å². The van der Waals surface area contributed by atoms with Crippen molar-refractivity contribution in [3.63, 3.8) is 0 Å². The number of carbonyl (C=O) groups is 1. The zero-order valence-electron chi connectivity index (χ0n) is 17.9. The van der Waals surface area contributed by atoms with Crippen LogP contribution in [0.1, 0.15) is 109 Å². The lowest BCUT2D eigenvalue weighted by atomic mass is 9.97. The van der Waals surface area contributed by atoms with Gasteiger partial charge in [0.25, 0.3) is 0 Å². The van der Waals surface area contributed by atoms with E-state index in [4.69, 9.17) is 9.84 Å². The summed E-state index contributed by atoms with van der Waals surface area (Å²) >= 11 is 0. The van der Waals surface area contributed by atoms with Crippen LogP contribution >= 0.6 is 0 Å². The van der Waals surface area contributed by atoms with Crippen LogP contribution in [-0.4, -0.2) is 23.8 Å². The zero-order valence-corrected chi connectivity index (χ0v) is 17.9. The van der Waals surface area contributed by atoms with Crippen molar-refractivity contribution in [2.24, 2.45) is 5.92 Å². The Bertz CT molecular complexity index is 460. The lowest BCUT2D eigenvalue weighted by Gasteiger charge is -2.05. The third kappa shape index (κ3) is 13.0. The smallest absolute Gasteiger partial charge is 0.309 e. The molecule has 1 saturated heterocycles. The second-order valence-electron chi connectivity index (χ2n) is 8.14. The molecular formula is C25H42O3. The van der Waals surface area contributed by atoms with E-state index in [2.05, 4.69) is 18.4 Å². The van der Waals surface area contributed by atoms with Crippen molar-refractivity contribution >= 4 is 5.97 Å². The zero-order chi connectivity index (χ0) is 20.3. The maximum atomic E-state index is 11.6. The predicted octanol–water partition coefficient (Wildman–Crippen LogP) is 6.34. The number of cyclic esters (lactones) is 1. The largest absolute Gasteiger partial charge is 0.460 e. The minimum atomic E-state index is -0.255. The van der Waals surface area contributed by atoms with Crippen LogP contribution in [-0.2, 0) is 9.53 Å². The average molecular weight is 391 g/mol. The minimum absolute atomic E-state index is 0.0236. The fourth-order valence-corrected chi connectivity index (χ4v) is 3.77. The average Bonchev–Trinajstić information content (AvgIpc) is 3.07. The molecule has 1 fully saturated rings. The molecule has 0 bridgehead atoms. The number of esters is 1. The number of rotatable bonds is 17. The number of aliphatic hydroxyl groups is 1. The second-order valence-corrected chi connectivity index (χ2v) is 8.14. The first-order valence-corrected chi connectivity index (χ1v) is 11.7. The van der Waals surface area contributed by atoms with Gasteiger partial charge in [-0.2, -0.15) is 0 Å². The summed E-state index contributed by atoms with van der Waals surface area (Å²) in [5.41, 5.74) is 0. The highest BCUT2D eigenvalue weighted by Gasteiger charge is 2.33. The molecule has 28 heavy (non-hydrogen) atoms. The van der Waals surface area contributed by atoms with E-state index < -0.39 is 0 Å².